The Morgan fingerprint density at radius 2 is 2.25 bits per heavy atom. The van der Waals surface area contributed by atoms with Gasteiger partial charge in [0.15, 0.2) is 0 Å². The molecule has 90 valence electrons. The van der Waals surface area contributed by atoms with Crippen molar-refractivity contribution in [3.63, 3.8) is 0 Å². The van der Waals surface area contributed by atoms with Gasteiger partial charge in [-0.15, -0.1) is 12.3 Å². The summed E-state index contributed by atoms with van der Waals surface area (Å²) in [5.74, 6) is 1.95. The van der Waals surface area contributed by atoms with Gasteiger partial charge in [-0.2, -0.15) is 0 Å². The van der Waals surface area contributed by atoms with Gasteiger partial charge in [0.2, 0.25) is 0 Å². The highest BCUT2D eigenvalue weighted by Crippen LogP contribution is 2.23. The van der Waals surface area contributed by atoms with Crippen molar-refractivity contribution in [3.05, 3.63) is 0 Å². The van der Waals surface area contributed by atoms with E-state index in [-0.39, 0.29) is 18.6 Å². The van der Waals surface area contributed by atoms with Crippen LogP contribution in [0.25, 0.3) is 0 Å². The molecule has 1 saturated carbocycles. The molecular formula is C12H19NO3. The number of methoxy groups -OCH3 is 1. The highest BCUT2D eigenvalue weighted by molar-refractivity contribution is 5.76. The summed E-state index contributed by atoms with van der Waals surface area (Å²) < 4.78 is 10.6. The van der Waals surface area contributed by atoms with Crippen molar-refractivity contribution in [2.45, 2.75) is 50.4 Å². The first-order valence-electron chi connectivity index (χ1n) is 5.59. The van der Waals surface area contributed by atoms with Crippen LogP contribution in [0.1, 0.15) is 32.1 Å². The first kappa shape index (κ1) is 13.0. The molecule has 0 aliphatic heterocycles. The average molecular weight is 225 g/mol. The Labute approximate surface area is 96.5 Å². The largest absolute Gasteiger partial charge is 0.461 e. The molecular weight excluding hydrogens is 206 g/mol. The average Bonchev–Trinajstić information content (AvgIpc) is 2.29. The molecule has 0 heterocycles. The zero-order valence-electron chi connectivity index (χ0n) is 9.65. The lowest BCUT2D eigenvalue weighted by atomic mass is 9.95. The molecule has 3 atom stereocenters. The van der Waals surface area contributed by atoms with Gasteiger partial charge < -0.3 is 15.2 Å². The van der Waals surface area contributed by atoms with Gasteiger partial charge in [0.05, 0.1) is 6.10 Å². The van der Waals surface area contributed by atoms with Crippen LogP contribution < -0.4 is 5.73 Å². The number of carbonyl (C=O) groups excluding carboxylic acids is 1. The number of rotatable bonds is 4. The van der Waals surface area contributed by atoms with E-state index in [1.165, 1.54) is 0 Å². The minimum absolute atomic E-state index is 0.0741. The Morgan fingerprint density at radius 3 is 2.88 bits per heavy atom. The molecule has 1 rings (SSSR count). The third-order valence-corrected chi connectivity index (χ3v) is 2.83. The van der Waals surface area contributed by atoms with E-state index >= 15 is 0 Å². The van der Waals surface area contributed by atoms with Gasteiger partial charge in [0.25, 0.3) is 0 Å². The second kappa shape index (κ2) is 6.51. The maximum Gasteiger partial charge on any atom is 0.324 e. The number of esters is 1. The number of hydrogen-bond acceptors (Lipinski definition) is 4. The van der Waals surface area contributed by atoms with E-state index in [4.69, 9.17) is 21.6 Å². The molecule has 2 N–H and O–H groups in total. The van der Waals surface area contributed by atoms with E-state index in [1.807, 2.05) is 0 Å². The minimum atomic E-state index is -0.701. The van der Waals surface area contributed by atoms with Gasteiger partial charge in [-0.05, 0) is 19.3 Å². The van der Waals surface area contributed by atoms with Crippen molar-refractivity contribution in [1.29, 1.82) is 0 Å². The molecule has 1 aliphatic carbocycles. The number of nitrogens with two attached hydrogens (primary N) is 1. The zero-order valence-corrected chi connectivity index (χ0v) is 9.65. The summed E-state index contributed by atoms with van der Waals surface area (Å²) >= 11 is 0. The van der Waals surface area contributed by atoms with Crippen molar-refractivity contribution in [3.8, 4) is 12.3 Å². The first-order valence-corrected chi connectivity index (χ1v) is 5.59. The van der Waals surface area contributed by atoms with Crippen LogP contribution in [-0.4, -0.2) is 31.3 Å². The monoisotopic (exact) mass is 225 g/mol. The molecule has 16 heavy (non-hydrogen) atoms. The Bertz CT molecular complexity index is 272. The quantitative estimate of drug-likeness (QED) is 0.569. The Kier molecular flexibility index (Phi) is 5.30. The van der Waals surface area contributed by atoms with Crippen LogP contribution in [0.4, 0.5) is 0 Å². The van der Waals surface area contributed by atoms with Crippen molar-refractivity contribution in [2.75, 3.05) is 7.11 Å². The van der Waals surface area contributed by atoms with Crippen molar-refractivity contribution >= 4 is 5.97 Å². The molecule has 4 nitrogen and oxygen atoms in total. The lowest BCUT2D eigenvalue weighted by Crippen LogP contribution is -2.37. The van der Waals surface area contributed by atoms with Crippen LogP contribution in [0.5, 0.6) is 0 Å². The smallest absolute Gasteiger partial charge is 0.324 e. The Morgan fingerprint density at radius 1 is 1.56 bits per heavy atom. The summed E-state index contributed by atoms with van der Waals surface area (Å²) in [4.78, 5) is 11.5. The Hall–Kier alpha value is -1.05. The second-order valence-corrected chi connectivity index (χ2v) is 4.10. The Balaban J connectivity index is 2.36. The normalized spacial score (nSPS) is 26.8. The van der Waals surface area contributed by atoms with Crippen molar-refractivity contribution in [1.82, 2.24) is 0 Å². The summed E-state index contributed by atoms with van der Waals surface area (Å²) in [7, 11) is 1.68. The predicted octanol–water partition coefficient (Wildman–Crippen LogP) is 0.838. The fourth-order valence-electron chi connectivity index (χ4n) is 1.89. The summed E-state index contributed by atoms with van der Waals surface area (Å²) in [5, 5.41) is 0. The lowest BCUT2D eigenvalue weighted by molar-refractivity contribution is -0.154. The SMILES string of the molecule is C#CCC(N)C(=O)OC1CCCC(OC)C1. The molecule has 1 fully saturated rings. The van der Waals surface area contributed by atoms with Gasteiger partial charge in [-0.25, -0.2) is 0 Å². The fraction of sp³-hybridized carbons (Fsp3) is 0.750. The topological polar surface area (TPSA) is 61.6 Å². The number of hydrogen-bond donors (Lipinski definition) is 1. The lowest BCUT2D eigenvalue weighted by Gasteiger charge is -2.28. The van der Waals surface area contributed by atoms with E-state index in [0.717, 1.165) is 25.7 Å². The molecule has 1 aliphatic rings. The van der Waals surface area contributed by atoms with Crippen LogP contribution in [-0.2, 0) is 14.3 Å². The summed E-state index contributed by atoms with van der Waals surface area (Å²) in [6.07, 6.45) is 9.11. The van der Waals surface area contributed by atoms with E-state index in [2.05, 4.69) is 5.92 Å². The van der Waals surface area contributed by atoms with E-state index in [0.29, 0.717) is 0 Å². The molecule has 4 heteroatoms. The molecule has 3 unspecified atom stereocenters. The van der Waals surface area contributed by atoms with Gasteiger partial charge in [-0.3, -0.25) is 4.79 Å². The fourth-order valence-corrected chi connectivity index (χ4v) is 1.89. The number of ether oxygens (including phenoxy) is 2. The molecule has 0 amide bonds. The predicted molar refractivity (Wildman–Crippen MR) is 60.6 cm³/mol. The summed E-state index contributed by atoms with van der Waals surface area (Å²) in [6, 6.07) is -0.701. The standard InChI is InChI=1S/C12H19NO3/c1-3-5-11(13)12(14)16-10-7-4-6-9(8-10)15-2/h1,9-11H,4-8,13H2,2H3. The van der Waals surface area contributed by atoms with Crippen molar-refractivity contribution in [2.24, 2.45) is 5.73 Å². The maximum absolute atomic E-state index is 11.5. The molecule has 0 aromatic rings. The van der Waals surface area contributed by atoms with Gasteiger partial charge >= 0.3 is 5.97 Å². The minimum Gasteiger partial charge on any atom is -0.461 e. The zero-order chi connectivity index (χ0) is 12.0. The molecule has 0 aromatic heterocycles. The van der Waals surface area contributed by atoms with Gasteiger partial charge in [0.1, 0.15) is 12.1 Å². The van der Waals surface area contributed by atoms with Gasteiger partial charge in [0, 0.05) is 20.0 Å². The first-order chi connectivity index (χ1) is 7.67. The highest BCUT2D eigenvalue weighted by Gasteiger charge is 2.26. The van der Waals surface area contributed by atoms with E-state index in [9.17, 15) is 4.79 Å². The van der Waals surface area contributed by atoms with E-state index in [1.54, 1.807) is 7.11 Å². The summed E-state index contributed by atoms with van der Waals surface area (Å²) in [6.45, 7) is 0. The second-order valence-electron chi connectivity index (χ2n) is 4.10. The highest BCUT2D eigenvalue weighted by atomic mass is 16.5. The maximum atomic E-state index is 11.5. The third kappa shape index (κ3) is 3.84. The van der Waals surface area contributed by atoms with Crippen LogP contribution in [0.3, 0.4) is 0 Å². The van der Waals surface area contributed by atoms with Crippen LogP contribution >= 0.6 is 0 Å². The van der Waals surface area contributed by atoms with Crippen LogP contribution in [0.15, 0.2) is 0 Å². The molecule has 0 spiro atoms. The van der Waals surface area contributed by atoms with Gasteiger partial charge in [-0.1, -0.05) is 0 Å². The van der Waals surface area contributed by atoms with Crippen LogP contribution in [0, 0.1) is 12.3 Å². The summed E-state index contributed by atoms with van der Waals surface area (Å²) in [5.41, 5.74) is 5.56. The van der Waals surface area contributed by atoms with Crippen LogP contribution in [0.2, 0.25) is 0 Å². The molecule has 0 bridgehead atoms. The molecule has 0 saturated heterocycles. The molecule has 0 aromatic carbocycles. The third-order valence-electron chi connectivity index (χ3n) is 2.83. The number of terminal acetylenes is 1. The van der Waals surface area contributed by atoms with E-state index < -0.39 is 12.0 Å². The molecule has 0 radical (unpaired) electrons. The number of carbonyl (C=O) groups is 1. The van der Waals surface area contributed by atoms with Crippen molar-refractivity contribution < 1.29 is 14.3 Å².